The number of hydrogen-bond acceptors (Lipinski definition) is 4. The monoisotopic (exact) mass is 286 g/mol. The summed E-state index contributed by atoms with van der Waals surface area (Å²) in [5.41, 5.74) is -1.80. The highest BCUT2D eigenvalue weighted by Crippen LogP contribution is 2.31. The zero-order chi connectivity index (χ0) is 15.2. The summed E-state index contributed by atoms with van der Waals surface area (Å²) in [5, 5.41) is 15.4. The first-order valence-corrected chi connectivity index (χ1v) is 7.22. The third-order valence-electron chi connectivity index (χ3n) is 4.43. The van der Waals surface area contributed by atoms with E-state index in [-0.39, 0.29) is 5.91 Å². The number of methoxy groups -OCH3 is 1. The van der Waals surface area contributed by atoms with Crippen molar-refractivity contribution in [2.45, 2.75) is 45.1 Å². The van der Waals surface area contributed by atoms with Crippen LogP contribution in [0.5, 0.6) is 0 Å². The molecule has 0 spiro atoms. The number of nitrogens with one attached hydrogen (secondary N) is 2. The molecule has 1 aliphatic heterocycles. The molecule has 0 atom stereocenters. The standard InChI is InChI=1S/C14H26N2O4/c1-4-14(5-2,12(18)19)16-11(17)13(10-20-3)6-8-15-9-7-13/h15H,4-10H2,1-3H3,(H,16,17)(H,18,19). The van der Waals surface area contributed by atoms with Gasteiger partial charge >= 0.3 is 5.97 Å². The Kier molecular flexibility index (Phi) is 5.95. The molecule has 1 saturated heterocycles. The Morgan fingerprint density at radius 3 is 2.25 bits per heavy atom. The van der Waals surface area contributed by atoms with Crippen LogP contribution in [-0.2, 0) is 14.3 Å². The molecule has 0 radical (unpaired) electrons. The molecule has 1 fully saturated rings. The lowest BCUT2D eigenvalue weighted by molar-refractivity contribution is -0.151. The fourth-order valence-electron chi connectivity index (χ4n) is 2.75. The van der Waals surface area contributed by atoms with E-state index in [1.165, 1.54) is 0 Å². The van der Waals surface area contributed by atoms with Crippen LogP contribution in [-0.4, -0.2) is 49.3 Å². The van der Waals surface area contributed by atoms with Gasteiger partial charge < -0.3 is 20.5 Å². The zero-order valence-corrected chi connectivity index (χ0v) is 12.6. The zero-order valence-electron chi connectivity index (χ0n) is 12.6. The number of ether oxygens (including phenoxy) is 1. The number of amides is 1. The summed E-state index contributed by atoms with van der Waals surface area (Å²) >= 11 is 0. The second-order valence-corrected chi connectivity index (χ2v) is 5.51. The second-order valence-electron chi connectivity index (χ2n) is 5.51. The Bertz CT molecular complexity index is 342. The van der Waals surface area contributed by atoms with Gasteiger partial charge in [-0.3, -0.25) is 4.79 Å². The quantitative estimate of drug-likeness (QED) is 0.643. The van der Waals surface area contributed by atoms with Gasteiger partial charge in [0.2, 0.25) is 5.91 Å². The highest BCUT2D eigenvalue weighted by Gasteiger charge is 2.45. The van der Waals surface area contributed by atoms with Gasteiger partial charge in [-0.2, -0.15) is 0 Å². The predicted molar refractivity (Wildman–Crippen MR) is 75.5 cm³/mol. The molecule has 116 valence electrons. The van der Waals surface area contributed by atoms with E-state index in [4.69, 9.17) is 4.74 Å². The number of aliphatic carboxylic acids is 1. The van der Waals surface area contributed by atoms with E-state index in [1.54, 1.807) is 21.0 Å². The summed E-state index contributed by atoms with van der Waals surface area (Å²) < 4.78 is 5.21. The lowest BCUT2D eigenvalue weighted by atomic mass is 9.77. The summed E-state index contributed by atoms with van der Waals surface area (Å²) in [4.78, 5) is 24.2. The number of rotatable bonds is 7. The van der Waals surface area contributed by atoms with Crippen molar-refractivity contribution in [3.05, 3.63) is 0 Å². The minimum atomic E-state index is -1.18. The van der Waals surface area contributed by atoms with Gasteiger partial charge in [-0.15, -0.1) is 0 Å². The molecule has 1 amide bonds. The smallest absolute Gasteiger partial charge is 0.329 e. The van der Waals surface area contributed by atoms with Crippen LogP contribution < -0.4 is 10.6 Å². The third kappa shape index (κ3) is 3.30. The van der Waals surface area contributed by atoms with Crippen molar-refractivity contribution < 1.29 is 19.4 Å². The number of piperidine rings is 1. The molecule has 0 aliphatic carbocycles. The van der Waals surface area contributed by atoms with Gasteiger partial charge in [0, 0.05) is 7.11 Å². The molecule has 0 aromatic rings. The second kappa shape index (κ2) is 7.04. The lowest BCUT2D eigenvalue weighted by Gasteiger charge is -2.39. The molecular weight excluding hydrogens is 260 g/mol. The number of carboxylic acids is 1. The largest absolute Gasteiger partial charge is 0.480 e. The van der Waals surface area contributed by atoms with Crippen molar-refractivity contribution >= 4 is 11.9 Å². The Morgan fingerprint density at radius 2 is 1.85 bits per heavy atom. The Hall–Kier alpha value is -1.14. The lowest BCUT2D eigenvalue weighted by Crippen LogP contribution is -2.60. The predicted octanol–water partition coefficient (Wildman–Crippen LogP) is 0.762. The van der Waals surface area contributed by atoms with Crippen molar-refractivity contribution in [2.75, 3.05) is 26.8 Å². The molecule has 20 heavy (non-hydrogen) atoms. The van der Waals surface area contributed by atoms with E-state index in [0.717, 1.165) is 13.1 Å². The van der Waals surface area contributed by atoms with Gasteiger partial charge in [-0.05, 0) is 38.8 Å². The maximum absolute atomic E-state index is 12.7. The summed E-state index contributed by atoms with van der Waals surface area (Å²) in [7, 11) is 1.57. The minimum Gasteiger partial charge on any atom is -0.480 e. The first-order chi connectivity index (χ1) is 9.46. The van der Waals surface area contributed by atoms with E-state index in [9.17, 15) is 14.7 Å². The number of carbonyl (C=O) groups excluding carboxylic acids is 1. The number of hydrogen-bond donors (Lipinski definition) is 3. The fraction of sp³-hybridized carbons (Fsp3) is 0.857. The SMILES string of the molecule is CCC(CC)(NC(=O)C1(COC)CCNCC1)C(=O)O. The van der Waals surface area contributed by atoms with Crippen molar-refractivity contribution in [3.63, 3.8) is 0 Å². The molecule has 3 N–H and O–H groups in total. The minimum absolute atomic E-state index is 0.202. The van der Waals surface area contributed by atoms with Crippen LogP contribution in [0.1, 0.15) is 39.5 Å². The highest BCUT2D eigenvalue weighted by molar-refractivity contribution is 5.90. The fourth-order valence-corrected chi connectivity index (χ4v) is 2.75. The van der Waals surface area contributed by atoms with Crippen molar-refractivity contribution in [3.8, 4) is 0 Å². The maximum Gasteiger partial charge on any atom is 0.329 e. The van der Waals surface area contributed by atoms with Gasteiger partial charge in [-0.25, -0.2) is 4.79 Å². The van der Waals surface area contributed by atoms with Crippen molar-refractivity contribution in [2.24, 2.45) is 5.41 Å². The van der Waals surface area contributed by atoms with Crippen LogP contribution in [0.25, 0.3) is 0 Å². The molecular formula is C14H26N2O4. The molecule has 1 rings (SSSR count). The molecule has 6 nitrogen and oxygen atoms in total. The van der Waals surface area contributed by atoms with E-state index in [0.29, 0.717) is 32.3 Å². The normalized spacial score (nSPS) is 18.6. The molecule has 6 heteroatoms. The van der Waals surface area contributed by atoms with E-state index in [1.807, 2.05) is 0 Å². The Balaban J connectivity index is 2.92. The molecule has 0 aromatic heterocycles. The average Bonchev–Trinajstić information content (AvgIpc) is 2.45. The van der Waals surface area contributed by atoms with Crippen LogP contribution >= 0.6 is 0 Å². The van der Waals surface area contributed by atoms with Crippen LogP contribution in [0.2, 0.25) is 0 Å². The van der Waals surface area contributed by atoms with Crippen LogP contribution in [0.4, 0.5) is 0 Å². The van der Waals surface area contributed by atoms with Gasteiger partial charge in [0.1, 0.15) is 5.54 Å². The molecule has 0 unspecified atom stereocenters. The van der Waals surface area contributed by atoms with Crippen molar-refractivity contribution in [1.82, 2.24) is 10.6 Å². The first-order valence-electron chi connectivity index (χ1n) is 7.22. The molecule has 0 aromatic carbocycles. The Labute approximate surface area is 120 Å². The average molecular weight is 286 g/mol. The highest BCUT2D eigenvalue weighted by atomic mass is 16.5. The van der Waals surface area contributed by atoms with Crippen LogP contribution in [0.15, 0.2) is 0 Å². The maximum atomic E-state index is 12.7. The number of carbonyl (C=O) groups is 2. The Morgan fingerprint density at radius 1 is 1.30 bits per heavy atom. The first kappa shape index (κ1) is 16.9. The van der Waals surface area contributed by atoms with Crippen LogP contribution in [0, 0.1) is 5.41 Å². The molecule has 1 aliphatic rings. The molecule has 0 bridgehead atoms. The van der Waals surface area contributed by atoms with Gasteiger partial charge in [-0.1, -0.05) is 13.8 Å². The van der Waals surface area contributed by atoms with Gasteiger partial charge in [0.15, 0.2) is 0 Å². The van der Waals surface area contributed by atoms with Gasteiger partial charge in [0.25, 0.3) is 0 Å². The van der Waals surface area contributed by atoms with E-state index >= 15 is 0 Å². The topological polar surface area (TPSA) is 87.7 Å². The van der Waals surface area contributed by atoms with Crippen molar-refractivity contribution in [1.29, 1.82) is 0 Å². The summed E-state index contributed by atoms with van der Waals surface area (Å²) in [6.07, 6.45) is 2.06. The van der Waals surface area contributed by atoms with E-state index < -0.39 is 16.9 Å². The summed E-state index contributed by atoms with van der Waals surface area (Å²) in [6, 6.07) is 0. The number of carboxylic acid groups (broad SMARTS) is 1. The van der Waals surface area contributed by atoms with E-state index in [2.05, 4.69) is 10.6 Å². The molecule has 1 heterocycles. The summed E-state index contributed by atoms with van der Waals surface area (Å²) in [6.45, 7) is 5.38. The summed E-state index contributed by atoms with van der Waals surface area (Å²) in [5.74, 6) is -1.18. The van der Waals surface area contributed by atoms with Gasteiger partial charge in [0.05, 0.1) is 12.0 Å². The molecule has 0 saturated carbocycles. The van der Waals surface area contributed by atoms with Crippen LogP contribution in [0.3, 0.4) is 0 Å². The third-order valence-corrected chi connectivity index (χ3v) is 4.43.